The molecule has 1 unspecified atom stereocenters. The predicted octanol–water partition coefficient (Wildman–Crippen LogP) is 4.23. The Morgan fingerprint density at radius 3 is 2.72 bits per heavy atom. The topological polar surface area (TPSA) is 12.0 Å². The third-order valence-corrected chi connectivity index (χ3v) is 4.79. The number of hydrogen-bond donors (Lipinski definition) is 1. The molecule has 2 aliphatic carbocycles. The molecule has 0 amide bonds. The van der Waals surface area contributed by atoms with Crippen LogP contribution in [0.4, 0.5) is 0 Å². The predicted molar refractivity (Wildman–Crippen MR) is 76.7 cm³/mol. The lowest BCUT2D eigenvalue weighted by atomic mass is 9.83. The van der Waals surface area contributed by atoms with Crippen molar-refractivity contribution in [3.8, 4) is 0 Å². The molecule has 1 N–H and O–H groups in total. The quantitative estimate of drug-likeness (QED) is 0.780. The molecule has 0 aromatic heterocycles. The highest BCUT2D eigenvalue weighted by atomic mass is 14.9. The molecule has 0 aliphatic heterocycles. The second-order valence-corrected chi connectivity index (χ2v) is 6.04. The highest BCUT2D eigenvalue weighted by Crippen LogP contribution is 2.31. The average molecular weight is 243 g/mol. The van der Waals surface area contributed by atoms with Gasteiger partial charge in [-0.05, 0) is 49.3 Å². The zero-order valence-corrected chi connectivity index (χ0v) is 11.3. The van der Waals surface area contributed by atoms with Gasteiger partial charge in [-0.3, -0.25) is 0 Å². The van der Waals surface area contributed by atoms with E-state index in [1.165, 1.54) is 57.9 Å². The minimum atomic E-state index is 0.615. The fraction of sp³-hybridized carbons (Fsp3) is 0.647. The fourth-order valence-electron chi connectivity index (χ4n) is 3.38. The van der Waals surface area contributed by atoms with E-state index in [4.69, 9.17) is 0 Å². The molecule has 1 fully saturated rings. The summed E-state index contributed by atoms with van der Waals surface area (Å²) in [5, 5.41) is 3.82. The second kappa shape index (κ2) is 5.88. The summed E-state index contributed by atoms with van der Waals surface area (Å²) in [4.78, 5) is 0. The van der Waals surface area contributed by atoms with Crippen molar-refractivity contribution in [1.82, 2.24) is 5.32 Å². The van der Waals surface area contributed by atoms with E-state index < -0.39 is 0 Å². The van der Waals surface area contributed by atoms with Gasteiger partial charge in [0.1, 0.15) is 0 Å². The van der Waals surface area contributed by atoms with Crippen molar-refractivity contribution in [3.05, 3.63) is 35.4 Å². The minimum Gasteiger partial charge on any atom is -0.310 e. The number of benzene rings is 1. The molecular weight excluding hydrogens is 218 g/mol. The van der Waals surface area contributed by atoms with Gasteiger partial charge in [0.15, 0.2) is 0 Å². The first-order valence-electron chi connectivity index (χ1n) is 7.74. The smallest absolute Gasteiger partial charge is 0.0322 e. The Morgan fingerprint density at radius 1 is 1.00 bits per heavy atom. The summed E-state index contributed by atoms with van der Waals surface area (Å²) in [6, 6.07) is 9.66. The molecule has 98 valence electrons. The molecule has 0 radical (unpaired) electrons. The zero-order valence-electron chi connectivity index (χ0n) is 11.3. The van der Waals surface area contributed by atoms with Gasteiger partial charge in [-0.25, -0.2) is 0 Å². The number of fused-ring (bicyclic) bond motifs is 1. The van der Waals surface area contributed by atoms with Crippen molar-refractivity contribution < 1.29 is 0 Å². The zero-order chi connectivity index (χ0) is 12.2. The monoisotopic (exact) mass is 243 g/mol. The van der Waals surface area contributed by atoms with Crippen molar-refractivity contribution >= 4 is 0 Å². The molecule has 3 rings (SSSR count). The first-order valence-corrected chi connectivity index (χ1v) is 7.74. The summed E-state index contributed by atoms with van der Waals surface area (Å²) in [6.07, 6.45) is 11.1. The normalized spacial score (nSPS) is 24.1. The maximum atomic E-state index is 3.82. The molecular formula is C17H25N. The number of rotatable bonds is 4. The standard InChI is InChI=1S/C17H25N/c1-3-10-16-15(8-1)9-2-4-11-17(16)18-13-12-14-6-5-7-14/h1,3,8,10,14,17-18H,2,4-7,9,11-13H2. The average Bonchev–Trinajstić information content (AvgIpc) is 2.55. The summed E-state index contributed by atoms with van der Waals surface area (Å²) >= 11 is 0. The van der Waals surface area contributed by atoms with Crippen LogP contribution in [0.3, 0.4) is 0 Å². The van der Waals surface area contributed by atoms with E-state index in [1.807, 2.05) is 0 Å². The van der Waals surface area contributed by atoms with E-state index in [-0.39, 0.29) is 0 Å². The van der Waals surface area contributed by atoms with E-state index in [9.17, 15) is 0 Å². The molecule has 1 nitrogen and oxygen atoms in total. The Morgan fingerprint density at radius 2 is 1.89 bits per heavy atom. The fourth-order valence-corrected chi connectivity index (χ4v) is 3.38. The maximum Gasteiger partial charge on any atom is 0.0322 e. The summed E-state index contributed by atoms with van der Waals surface area (Å²) in [5.41, 5.74) is 3.15. The largest absolute Gasteiger partial charge is 0.310 e. The lowest BCUT2D eigenvalue weighted by Crippen LogP contribution is -2.25. The van der Waals surface area contributed by atoms with Gasteiger partial charge in [0, 0.05) is 6.04 Å². The van der Waals surface area contributed by atoms with Crippen molar-refractivity contribution in [1.29, 1.82) is 0 Å². The Bertz CT molecular complexity index is 381. The van der Waals surface area contributed by atoms with Gasteiger partial charge in [-0.15, -0.1) is 0 Å². The molecule has 1 heteroatoms. The minimum absolute atomic E-state index is 0.615. The third kappa shape index (κ3) is 2.77. The van der Waals surface area contributed by atoms with Crippen LogP contribution in [0.2, 0.25) is 0 Å². The summed E-state index contributed by atoms with van der Waals surface area (Å²) < 4.78 is 0. The third-order valence-electron chi connectivity index (χ3n) is 4.79. The van der Waals surface area contributed by atoms with E-state index in [0.29, 0.717) is 6.04 Å². The van der Waals surface area contributed by atoms with Crippen LogP contribution in [0.15, 0.2) is 24.3 Å². The van der Waals surface area contributed by atoms with Crippen LogP contribution < -0.4 is 5.32 Å². The number of aryl methyl sites for hydroxylation is 1. The highest BCUT2D eigenvalue weighted by Gasteiger charge is 2.20. The van der Waals surface area contributed by atoms with Gasteiger partial charge in [0.2, 0.25) is 0 Å². The van der Waals surface area contributed by atoms with Crippen molar-refractivity contribution in [3.63, 3.8) is 0 Å². The van der Waals surface area contributed by atoms with Gasteiger partial charge < -0.3 is 5.32 Å². The van der Waals surface area contributed by atoms with Crippen LogP contribution >= 0.6 is 0 Å². The van der Waals surface area contributed by atoms with Crippen LogP contribution in [-0.4, -0.2) is 6.54 Å². The lowest BCUT2D eigenvalue weighted by Gasteiger charge is -2.27. The molecule has 0 bridgehead atoms. The molecule has 1 atom stereocenters. The molecule has 0 heterocycles. The van der Waals surface area contributed by atoms with Crippen LogP contribution in [0.5, 0.6) is 0 Å². The maximum absolute atomic E-state index is 3.82. The van der Waals surface area contributed by atoms with Crippen LogP contribution in [0.25, 0.3) is 0 Å². The number of nitrogens with one attached hydrogen (secondary N) is 1. The van der Waals surface area contributed by atoms with Crippen molar-refractivity contribution in [2.45, 2.75) is 57.4 Å². The Hall–Kier alpha value is -0.820. The summed E-state index contributed by atoms with van der Waals surface area (Å²) in [5.74, 6) is 1.03. The van der Waals surface area contributed by atoms with E-state index in [1.54, 1.807) is 11.1 Å². The van der Waals surface area contributed by atoms with Crippen LogP contribution in [0, 0.1) is 5.92 Å². The van der Waals surface area contributed by atoms with E-state index >= 15 is 0 Å². The Kier molecular flexibility index (Phi) is 3.99. The molecule has 0 saturated heterocycles. The van der Waals surface area contributed by atoms with E-state index in [2.05, 4.69) is 29.6 Å². The van der Waals surface area contributed by atoms with Gasteiger partial charge in [-0.2, -0.15) is 0 Å². The molecule has 18 heavy (non-hydrogen) atoms. The van der Waals surface area contributed by atoms with Crippen molar-refractivity contribution in [2.75, 3.05) is 6.54 Å². The summed E-state index contributed by atoms with van der Waals surface area (Å²) in [6.45, 7) is 1.21. The second-order valence-electron chi connectivity index (χ2n) is 6.04. The van der Waals surface area contributed by atoms with Crippen LogP contribution in [0.1, 0.15) is 62.1 Å². The first-order chi connectivity index (χ1) is 8.93. The molecule has 1 saturated carbocycles. The molecule has 1 aromatic carbocycles. The summed E-state index contributed by atoms with van der Waals surface area (Å²) in [7, 11) is 0. The Labute approximate surface area is 111 Å². The van der Waals surface area contributed by atoms with Gasteiger partial charge in [0.05, 0.1) is 0 Å². The first kappa shape index (κ1) is 12.2. The Balaban J connectivity index is 1.60. The van der Waals surface area contributed by atoms with Crippen LogP contribution in [-0.2, 0) is 6.42 Å². The van der Waals surface area contributed by atoms with Gasteiger partial charge in [0.25, 0.3) is 0 Å². The van der Waals surface area contributed by atoms with Gasteiger partial charge >= 0.3 is 0 Å². The highest BCUT2D eigenvalue weighted by molar-refractivity contribution is 5.31. The molecule has 0 spiro atoms. The van der Waals surface area contributed by atoms with Gasteiger partial charge in [-0.1, -0.05) is 49.9 Å². The van der Waals surface area contributed by atoms with Crippen molar-refractivity contribution in [2.24, 2.45) is 5.92 Å². The SMILES string of the molecule is c1ccc2c(c1)CCCCC2NCCC1CCC1. The molecule has 2 aliphatic rings. The molecule has 1 aromatic rings. The number of hydrogen-bond acceptors (Lipinski definition) is 1. The lowest BCUT2D eigenvalue weighted by molar-refractivity contribution is 0.286. The van der Waals surface area contributed by atoms with E-state index in [0.717, 1.165) is 5.92 Å².